The van der Waals surface area contributed by atoms with Crippen molar-refractivity contribution in [2.75, 3.05) is 0 Å². The van der Waals surface area contributed by atoms with Crippen molar-refractivity contribution in [3.8, 4) is 0 Å². The zero-order valence-corrected chi connectivity index (χ0v) is 15.2. The molecule has 1 N–H and O–H groups in total. The lowest BCUT2D eigenvalue weighted by atomic mass is 10.6. The Bertz CT molecular complexity index is 167. The van der Waals surface area contributed by atoms with Gasteiger partial charge in [0.1, 0.15) is 16.5 Å². The molecule has 0 radical (unpaired) electrons. The van der Waals surface area contributed by atoms with Crippen molar-refractivity contribution in [2.24, 2.45) is 0 Å². The van der Waals surface area contributed by atoms with Crippen LogP contribution in [-0.4, -0.2) is 16.5 Å². The highest BCUT2D eigenvalue weighted by atomic mass is 28.4. The first-order valence-corrected chi connectivity index (χ1v) is 13.1. The fourth-order valence-corrected chi connectivity index (χ4v) is 15.9. The minimum atomic E-state index is -1.15. The van der Waals surface area contributed by atoms with Crippen molar-refractivity contribution < 1.29 is 0 Å². The molecular formula is C14H35NSi2. The van der Waals surface area contributed by atoms with Crippen LogP contribution in [0.4, 0.5) is 0 Å². The third-order valence-electron chi connectivity index (χ3n) is 4.69. The van der Waals surface area contributed by atoms with E-state index in [1.54, 1.807) is 0 Å². The van der Waals surface area contributed by atoms with Crippen LogP contribution in [-0.2, 0) is 0 Å². The predicted octanol–water partition coefficient (Wildman–Crippen LogP) is 5.37. The van der Waals surface area contributed by atoms with Crippen LogP contribution in [0.15, 0.2) is 0 Å². The van der Waals surface area contributed by atoms with Crippen LogP contribution < -0.4 is 4.65 Å². The largest absolute Gasteiger partial charge is 0.359 e. The van der Waals surface area contributed by atoms with Crippen LogP contribution in [0, 0.1) is 0 Å². The van der Waals surface area contributed by atoms with Crippen LogP contribution in [0.25, 0.3) is 0 Å². The highest BCUT2D eigenvalue weighted by Gasteiger charge is 2.38. The monoisotopic (exact) mass is 273 g/mol. The number of rotatable bonds is 10. The van der Waals surface area contributed by atoms with Gasteiger partial charge in [-0.1, -0.05) is 54.4 Å². The average Bonchev–Trinajstić information content (AvgIpc) is 2.37. The molecule has 1 nitrogen and oxygen atoms in total. The van der Waals surface area contributed by atoms with Crippen LogP contribution in [0.1, 0.15) is 54.4 Å². The van der Waals surface area contributed by atoms with Crippen LogP contribution >= 0.6 is 0 Å². The lowest BCUT2D eigenvalue weighted by Crippen LogP contribution is -2.63. The van der Waals surface area contributed by atoms with E-state index in [-0.39, 0.29) is 0 Å². The van der Waals surface area contributed by atoms with Gasteiger partial charge in [0.15, 0.2) is 0 Å². The predicted molar refractivity (Wildman–Crippen MR) is 86.8 cm³/mol. The number of nitrogens with one attached hydrogen (secondary N) is 1. The number of hydrogen-bond donors (Lipinski definition) is 1. The smallest absolute Gasteiger partial charge is 0.118 e. The maximum Gasteiger partial charge on any atom is 0.118 e. The Balaban J connectivity index is 4.89. The first-order chi connectivity index (χ1) is 8.07. The first-order valence-electron chi connectivity index (χ1n) is 7.86. The van der Waals surface area contributed by atoms with Gasteiger partial charge in [-0.15, -0.1) is 0 Å². The van der Waals surface area contributed by atoms with Crippen LogP contribution in [0.2, 0.25) is 36.3 Å². The Morgan fingerprint density at radius 1 is 0.588 bits per heavy atom. The maximum atomic E-state index is 4.36. The summed E-state index contributed by atoms with van der Waals surface area (Å²) in [5.74, 6) is 0. The molecule has 0 spiro atoms. The molecule has 0 aliphatic carbocycles. The Hall–Kier alpha value is 0.394. The normalized spacial score (nSPS) is 13.1. The van der Waals surface area contributed by atoms with E-state index in [1.807, 2.05) is 0 Å². The number of hydrogen-bond acceptors (Lipinski definition) is 1. The summed E-state index contributed by atoms with van der Waals surface area (Å²) in [4.78, 5) is 0. The van der Waals surface area contributed by atoms with Crippen molar-refractivity contribution in [1.29, 1.82) is 0 Å². The summed E-state index contributed by atoms with van der Waals surface area (Å²) in [5, 5.41) is 0. The van der Waals surface area contributed by atoms with Crippen LogP contribution in [0.3, 0.4) is 0 Å². The van der Waals surface area contributed by atoms with E-state index in [2.05, 4.69) is 46.2 Å². The van der Waals surface area contributed by atoms with Crippen molar-refractivity contribution in [1.82, 2.24) is 4.65 Å². The van der Waals surface area contributed by atoms with E-state index in [4.69, 9.17) is 0 Å². The standard InChI is InChI=1S/C14H35NSi2/c1-7-13-16(9-3,10-4)15-17(11-5,12-6)14-8-2/h15H,7-14H2,1-6H3. The topological polar surface area (TPSA) is 12.0 Å². The highest BCUT2D eigenvalue weighted by Crippen LogP contribution is 2.27. The molecule has 0 saturated carbocycles. The molecule has 0 amide bonds. The Labute approximate surface area is 112 Å². The molecule has 17 heavy (non-hydrogen) atoms. The van der Waals surface area contributed by atoms with E-state index < -0.39 is 16.5 Å². The Morgan fingerprint density at radius 3 is 1.06 bits per heavy atom. The third kappa shape index (κ3) is 4.88. The minimum absolute atomic E-state index is 1.15. The second kappa shape index (κ2) is 8.49. The van der Waals surface area contributed by atoms with Crippen molar-refractivity contribution in [3.63, 3.8) is 0 Å². The first kappa shape index (κ1) is 17.4. The molecule has 0 saturated heterocycles. The Morgan fingerprint density at radius 2 is 0.882 bits per heavy atom. The highest BCUT2D eigenvalue weighted by molar-refractivity contribution is 6.93. The maximum absolute atomic E-state index is 4.36. The summed E-state index contributed by atoms with van der Waals surface area (Å²) in [5.41, 5.74) is 0. The lowest BCUT2D eigenvalue weighted by molar-refractivity contribution is 0.932. The van der Waals surface area contributed by atoms with Gasteiger partial charge in [-0.05, 0) is 36.3 Å². The van der Waals surface area contributed by atoms with E-state index >= 15 is 0 Å². The molecule has 0 aromatic rings. The average molecular weight is 274 g/mol. The van der Waals surface area contributed by atoms with Gasteiger partial charge in [0, 0.05) is 0 Å². The minimum Gasteiger partial charge on any atom is -0.359 e. The molecule has 0 unspecified atom stereocenters. The molecule has 0 aliphatic heterocycles. The van der Waals surface area contributed by atoms with E-state index in [0.717, 1.165) is 0 Å². The van der Waals surface area contributed by atoms with E-state index in [9.17, 15) is 0 Å². The third-order valence-corrected chi connectivity index (χ3v) is 17.3. The molecular weight excluding hydrogens is 238 g/mol. The fourth-order valence-electron chi connectivity index (χ4n) is 3.21. The Kier molecular flexibility index (Phi) is 8.68. The SMILES string of the molecule is CCC[Si](CC)(CC)N[Si](CC)(CC)CCC. The molecule has 0 bridgehead atoms. The molecule has 0 aliphatic rings. The molecule has 0 aromatic heterocycles. The van der Waals surface area contributed by atoms with Gasteiger partial charge in [0.2, 0.25) is 0 Å². The summed E-state index contributed by atoms with van der Waals surface area (Å²) in [6.45, 7) is 14.4. The zero-order valence-electron chi connectivity index (χ0n) is 13.2. The van der Waals surface area contributed by atoms with Crippen molar-refractivity contribution in [2.45, 2.75) is 90.6 Å². The second-order valence-electron chi connectivity index (χ2n) is 5.60. The molecule has 0 heterocycles. The zero-order chi connectivity index (χ0) is 13.4. The summed E-state index contributed by atoms with van der Waals surface area (Å²) < 4.78 is 4.36. The molecule has 0 rings (SSSR count). The summed E-state index contributed by atoms with van der Waals surface area (Å²) in [6.07, 6.45) is 2.73. The molecule has 3 heteroatoms. The van der Waals surface area contributed by atoms with Gasteiger partial charge >= 0.3 is 0 Å². The van der Waals surface area contributed by atoms with Crippen molar-refractivity contribution in [3.05, 3.63) is 0 Å². The van der Waals surface area contributed by atoms with Gasteiger partial charge in [0.05, 0.1) is 0 Å². The lowest BCUT2D eigenvalue weighted by Gasteiger charge is -2.42. The van der Waals surface area contributed by atoms with Gasteiger partial charge < -0.3 is 4.65 Å². The molecule has 0 atom stereocenters. The van der Waals surface area contributed by atoms with E-state index in [0.29, 0.717) is 0 Å². The van der Waals surface area contributed by atoms with Gasteiger partial charge in [-0.3, -0.25) is 0 Å². The molecule has 104 valence electrons. The van der Waals surface area contributed by atoms with Gasteiger partial charge in [-0.25, -0.2) is 0 Å². The second-order valence-corrected chi connectivity index (χ2v) is 15.5. The fraction of sp³-hybridized carbons (Fsp3) is 1.00. The summed E-state index contributed by atoms with van der Waals surface area (Å²) >= 11 is 0. The molecule has 0 aromatic carbocycles. The van der Waals surface area contributed by atoms with Gasteiger partial charge in [-0.2, -0.15) is 0 Å². The molecule has 0 fully saturated rings. The van der Waals surface area contributed by atoms with E-state index in [1.165, 1.54) is 49.1 Å². The quantitative estimate of drug-likeness (QED) is 0.528. The summed E-state index contributed by atoms with van der Waals surface area (Å²) in [6, 6.07) is 8.67. The van der Waals surface area contributed by atoms with Gasteiger partial charge in [0.25, 0.3) is 0 Å². The summed E-state index contributed by atoms with van der Waals surface area (Å²) in [7, 11) is -2.29. The van der Waals surface area contributed by atoms with Crippen molar-refractivity contribution >= 4 is 16.5 Å². The van der Waals surface area contributed by atoms with Crippen LogP contribution in [0.5, 0.6) is 0 Å².